The van der Waals surface area contributed by atoms with Crippen LogP contribution >= 0.6 is 0 Å². The summed E-state index contributed by atoms with van der Waals surface area (Å²) >= 11 is 0. The smallest absolute Gasteiger partial charge is 0.160 e. The summed E-state index contributed by atoms with van der Waals surface area (Å²) in [6.45, 7) is 1.39. The third-order valence-corrected chi connectivity index (χ3v) is 2.26. The minimum atomic E-state index is -0.483. The zero-order valence-corrected chi connectivity index (χ0v) is 9.31. The first-order valence-corrected chi connectivity index (χ1v) is 5.19. The molecule has 86 valence electrons. The van der Waals surface area contributed by atoms with Crippen LogP contribution in [-0.2, 0) is 0 Å². The van der Waals surface area contributed by atoms with Crippen molar-refractivity contribution in [1.82, 2.24) is 0 Å². The van der Waals surface area contributed by atoms with Crippen molar-refractivity contribution in [3.63, 3.8) is 0 Å². The molecule has 0 saturated heterocycles. The Morgan fingerprint density at radius 3 is 2.41 bits per heavy atom. The Morgan fingerprint density at radius 2 is 1.76 bits per heavy atom. The van der Waals surface area contributed by atoms with Gasteiger partial charge in [0, 0.05) is 11.6 Å². The molecular weight excluding hydrogens is 219 g/mol. The summed E-state index contributed by atoms with van der Waals surface area (Å²) in [6.07, 6.45) is 0. The van der Waals surface area contributed by atoms with E-state index >= 15 is 0 Å². The van der Waals surface area contributed by atoms with Crippen molar-refractivity contribution in [2.24, 2.45) is 0 Å². The number of benzene rings is 2. The van der Waals surface area contributed by atoms with E-state index in [1.165, 1.54) is 25.1 Å². The van der Waals surface area contributed by atoms with Crippen LogP contribution in [0.3, 0.4) is 0 Å². The number of halogens is 1. The molecule has 2 aromatic rings. The fraction of sp³-hybridized carbons (Fsp3) is 0.0714. The summed E-state index contributed by atoms with van der Waals surface area (Å²) in [5, 5.41) is 0. The highest BCUT2D eigenvalue weighted by Crippen LogP contribution is 2.23. The molecule has 0 bridgehead atoms. The third-order valence-electron chi connectivity index (χ3n) is 2.26. The van der Waals surface area contributed by atoms with Crippen molar-refractivity contribution in [2.75, 3.05) is 0 Å². The number of para-hydroxylation sites is 1. The average Bonchev–Trinajstić information content (AvgIpc) is 2.29. The highest BCUT2D eigenvalue weighted by Gasteiger charge is 2.06. The Bertz CT molecular complexity index is 535. The first kappa shape index (κ1) is 11.3. The summed E-state index contributed by atoms with van der Waals surface area (Å²) in [5.74, 6) is 0.250. The number of hydrogen-bond acceptors (Lipinski definition) is 2. The van der Waals surface area contributed by atoms with Crippen molar-refractivity contribution in [1.29, 1.82) is 0 Å². The Hall–Kier alpha value is -2.16. The van der Waals surface area contributed by atoms with Crippen molar-refractivity contribution in [2.45, 2.75) is 6.92 Å². The molecule has 0 aliphatic heterocycles. The number of carbonyl (C=O) groups is 1. The van der Waals surface area contributed by atoms with Crippen LogP contribution in [0, 0.1) is 5.82 Å². The molecule has 17 heavy (non-hydrogen) atoms. The van der Waals surface area contributed by atoms with Gasteiger partial charge in [0.2, 0.25) is 0 Å². The maximum Gasteiger partial charge on any atom is 0.160 e. The Balaban J connectivity index is 2.30. The molecule has 0 heterocycles. The van der Waals surface area contributed by atoms with Crippen LogP contribution in [-0.4, -0.2) is 5.78 Å². The van der Waals surface area contributed by atoms with Gasteiger partial charge in [-0.2, -0.15) is 0 Å². The van der Waals surface area contributed by atoms with Gasteiger partial charge in [0.1, 0.15) is 17.3 Å². The van der Waals surface area contributed by atoms with Crippen LogP contribution in [0.5, 0.6) is 11.5 Å². The highest BCUT2D eigenvalue weighted by atomic mass is 19.1. The normalized spacial score (nSPS) is 10.0. The van der Waals surface area contributed by atoms with Gasteiger partial charge in [-0.1, -0.05) is 18.2 Å². The van der Waals surface area contributed by atoms with Crippen LogP contribution < -0.4 is 4.74 Å². The van der Waals surface area contributed by atoms with Crippen molar-refractivity contribution >= 4 is 5.78 Å². The molecule has 0 radical (unpaired) electrons. The zero-order valence-electron chi connectivity index (χ0n) is 9.31. The lowest BCUT2D eigenvalue weighted by atomic mass is 10.1. The lowest BCUT2D eigenvalue weighted by Crippen LogP contribution is -1.94. The molecule has 3 heteroatoms. The minimum absolute atomic E-state index is 0.192. The summed E-state index contributed by atoms with van der Waals surface area (Å²) in [4.78, 5) is 11.2. The molecule has 2 nitrogen and oxygen atoms in total. The summed E-state index contributed by atoms with van der Waals surface area (Å²) in [7, 11) is 0. The van der Waals surface area contributed by atoms with Crippen molar-refractivity contribution in [3.05, 3.63) is 59.9 Å². The maximum absolute atomic E-state index is 13.3. The van der Waals surface area contributed by atoms with E-state index in [0.717, 1.165) is 0 Å². The topological polar surface area (TPSA) is 26.3 Å². The molecular formula is C14H11FO2. The van der Waals surface area contributed by atoms with Gasteiger partial charge >= 0.3 is 0 Å². The highest BCUT2D eigenvalue weighted by molar-refractivity contribution is 5.94. The lowest BCUT2D eigenvalue weighted by molar-refractivity contribution is 0.101. The van der Waals surface area contributed by atoms with Crippen LogP contribution in [0.1, 0.15) is 17.3 Å². The second kappa shape index (κ2) is 4.78. The van der Waals surface area contributed by atoms with Gasteiger partial charge in [-0.15, -0.1) is 0 Å². The van der Waals surface area contributed by atoms with E-state index < -0.39 is 5.82 Å². The van der Waals surface area contributed by atoms with E-state index in [-0.39, 0.29) is 5.78 Å². The standard InChI is InChI=1S/C14H11FO2/c1-10(16)11-7-12(15)9-14(8-11)17-13-5-3-2-4-6-13/h2-9H,1H3. The molecule has 2 rings (SSSR count). The van der Waals surface area contributed by atoms with Crippen LogP contribution in [0.25, 0.3) is 0 Å². The average molecular weight is 230 g/mol. The fourth-order valence-corrected chi connectivity index (χ4v) is 1.45. The summed E-state index contributed by atoms with van der Waals surface area (Å²) < 4.78 is 18.7. The Labute approximate surface area is 98.7 Å². The van der Waals surface area contributed by atoms with Crippen molar-refractivity contribution < 1.29 is 13.9 Å². The minimum Gasteiger partial charge on any atom is -0.457 e. The Morgan fingerprint density at radius 1 is 1.06 bits per heavy atom. The second-order valence-electron chi connectivity index (χ2n) is 3.65. The molecule has 0 atom stereocenters. The van der Waals surface area contributed by atoms with Gasteiger partial charge in [-0.3, -0.25) is 4.79 Å². The first-order chi connectivity index (χ1) is 8.15. The summed E-state index contributed by atoms with van der Waals surface area (Å²) in [5.41, 5.74) is 0.302. The van der Waals surface area contributed by atoms with E-state index in [0.29, 0.717) is 17.1 Å². The zero-order chi connectivity index (χ0) is 12.3. The molecule has 0 amide bonds. The van der Waals surface area contributed by atoms with Gasteiger partial charge in [0.15, 0.2) is 5.78 Å². The molecule has 0 aromatic heterocycles. The third kappa shape index (κ3) is 2.91. The quantitative estimate of drug-likeness (QED) is 0.749. The van der Waals surface area contributed by atoms with Gasteiger partial charge in [-0.05, 0) is 31.2 Å². The summed E-state index contributed by atoms with van der Waals surface area (Å²) in [6, 6.07) is 13.0. The number of rotatable bonds is 3. The van der Waals surface area contributed by atoms with Gasteiger partial charge in [-0.25, -0.2) is 4.39 Å². The molecule has 0 aliphatic carbocycles. The predicted octanol–water partition coefficient (Wildman–Crippen LogP) is 3.82. The SMILES string of the molecule is CC(=O)c1cc(F)cc(Oc2ccccc2)c1. The number of hydrogen-bond donors (Lipinski definition) is 0. The first-order valence-electron chi connectivity index (χ1n) is 5.19. The van der Waals surface area contributed by atoms with Gasteiger partial charge < -0.3 is 4.74 Å². The van der Waals surface area contributed by atoms with E-state index in [1.807, 2.05) is 18.2 Å². The molecule has 0 fully saturated rings. The van der Waals surface area contributed by atoms with E-state index in [1.54, 1.807) is 12.1 Å². The van der Waals surface area contributed by atoms with Crippen LogP contribution in [0.15, 0.2) is 48.5 Å². The second-order valence-corrected chi connectivity index (χ2v) is 3.65. The van der Waals surface area contributed by atoms with Crippen LogP contribution in [0.2, 0.25) is 0 Å². The van der Waals surface area contributed by atoms with E-state index in [4.69, 9.17) is 4.74 Å². The van der Waals surface area contributed by atoms with Crippen molar-refractivity contribution in [3.8, 4) is 11.5 Å². The van der Waals surface area contributed by atoms with Gasteiger partial charge in [0.25, 0.3) is 0 Å². The monoisotopic (exact) mass is 230 g/mol. The molecule has 0 unspecified atom stereocenters. The lowest BCUT2D eigenvalue weighted by Gasteiger charge is -2.06. The number of ketones is 1. The number of carbonyl (C=O) groups excluding carboxylic acids is 1. The maximum atomic E-state index is 13.3. The largest absolute Gasteiger partial charge is 0.457 e. The predicted molar refractivity (Wildman–Crippen MR) is 62.9 cm³/mol. The number of ether oxygens (including phenoxy) is 1. The van der Waals surface area contributed by atoms with E-state index in [2.05, 4.69) is 0 Å². The molecule has 0 aliphatic rings. The fourth-order valence-electron chi connectivity index (χ4n) is 1.45. The van der Waals surface area contributed by atoms with Gasteiger partial charge in [0.05, 0.1) is 0 Å². The van der Waals surface area contributed by atoms with E-state index in [9.17, 15) is 9.18 Å². The molecule has 2 aromatic carbocycles. The van der Waals surface area contributed by atoms with Crippen LogP contribution in [0.4, 0.5) is 4.39 Å². The molecule has 0 spiro atoms. The molecule has 0 N–H and O–H groups in total. The molecule has 0 saturated carbocycles. The Kier molecular flexibility index (Phi) is 3.19. The number of Topliss-reactive ketones (excluding diaryl/α,β-unsaturated/α-hetero) is 1.